The number of hydrogen-bond acceptors (Lipinski definition) is 5. The molecule has 2 aromatic rings. The molecule has 26 heavy (non-hydrogen) atoms. The van der Waals surface area contributed by atoms with Crippen LogP contribution in [0.1, 0.15) is 22.3 Å². The van der Waals surface area contributed by atoms with E-state index in [2.05, 4.69) is 19.1 Å². The highest BCUT2D eigenvalue weighted by atomic mass is 32.2. The monoisotopic (exact) mass is 374 g/mol. The van der Waals surface area contributed by atoms with Crippen LogP contribution < -0.4 is 0 Å². The van der Waals surface area contributed by atoms with Gasteiger partial charge < -0.3 is 19.7 Å². The molecule has 3 rings (SSSR count). The average molecular weight is 375 g/mol. The summed E-state index contributed by atoms with van der Waals surface area (Å²) in [5, 5.41) is 20.1. The fourth-order valence-electron chi connectivity index (χ4n) is 2.91. The van der Waals surface area contributed by atoms with Crippen molar-refractivity contribution in [2.75, 3.05) is 6.61 Å². The van der Waals surface area contributed by atoms with Crippen LogP contribution in [0.25, 0.3) is 0 Å². The topological polar surface area (TPSA) is 58.9 Å². The molecule has 1 fully saturated rings. The predicted octanol–water partition coefficient (Wildman–Crippen LogP) is 3.20. The number of aryl methyl sites for hydroxylation is 2. The van der Waals surface area contributed by atoms with Gasteiger partial charge in [0.15, 0.2) is 0 Å². The molecular formula is C21H26O4S. The summed E-state index contributed by atoms with van der Waals surface area (Å²) >= 11 is 1.31. The molecule has 4 atom stereocenters. The first-order chi connectivity index (χ1) is 12.5. The molecule has 1 aliphatic rings. The SMILES string of the molecule is Cc1ccc(COC[C@H]2SC(O)[C@@H](O)[C@@H]2OCc2ccc(C)cc2)cc1. The molecule has 0 aromatic heterocycles. The fraction of sp³-hybridized carbons (Fsp3) is 0.429. The molecule has 1 heterocycles. The molecule has 0 amide bonds. The van der Waals surface area contributed by atoms with Gasteiger partial charge in [0, 0.05) is 0 Å². The summed E-state index contributed by atoms with van der Waals surface area (Å²) in [4.78, 5) is 0. The largest absolute Gasteiger partial charge is 0.387 e. The molecule has 2 N–H and O–H groups in total. The molecular weight excluding hydrogens is 348 g/mol. The number of benzene rings is 2. The third kappa shape index (κ3) is 5.09. The highest BCUT2D eigenvalue weighted by molar-refractivity contribution is 8.00. The number of thioether (sulfide) groups is 1. The van der Waals surface area contributed by atoms with Crippen molar-refractivity contribution in [3.8, 4) is 0 Å². The predicted molar refractivity (Wildman–Crippen MR) is 104 cm³/mol. The third-order valence-corrected chi connectivity index (χ3v) is 5.86. The van der Waals surface area contributed by atoms with E-state index >= 15 is 0 Å². The Hall–Kier alpha value is -1.37. The normalized spacial score (nSPS) is 25.5. The molecule has 1 aliphatic heterocycles. The third-order valence-electron chi connectivity index (χ3n) is 4.54. The van der Waals surface area contributed by atoms with Gasteiger partial charge in [-0.1, -0.05) is 59.7 Å². The van der Waals surface area contributed by atoms with Gasteiger partial charge in [-0.15, -0.1) is 11.8 Å². The zero-order chi connectivity index (χ0) is 18.5. The minimum Gasteiger partial charge on any atom is -0.387 e. The molecule has 0 radical (unpaired) electrons. The summed E-state index contributed by atoms with van der Waals surface area (Å²) in [6.45, 7) is 5.43. The van der Waals surface area contributed by atoms with Crippen molar-refractivity contribution < 1.29 is 19.7 Å². The van der Waals surface area contributed by atoms with Gasteiger partial charge in [0.1, 0.15) is 17.6 Å². The molecule has 5 heteroatoms. The van der Waals surface area contributed by atoms with E-state index in [9.17, 15) is 10.2 Å². The second kappa shape index (κ2) is 9.02. The molecule has 2 aromatic carbocycles. The minimum atomic E-state index is -0.904. The maximum Gasteiger partial charge on any atom is 0.128 e. The summed E-state index contributed by atoms with van der Waals surface area (Å²) < 4.78 is 11.7. The summed E-state index contributed by atoms with van der Waals surface area (Å²) in [5.74, 6) is 0. The lowest BCUT2D eigenvalue weighted by molar-refractivity contribution is -0.0703. The van der Waals surface area contributed by atoms with Gasteiger partial charge >= 0.3 is 0 Å². The van der Waals surface area contributed by atoms with Crippen LogP contribution in [0.15, 0.2) is 48.5 Å². The van der Waals surface area contributed by atoms with E-state index in [4.69, 9.17) is 9.47 Å². The number of hydrogen-bond donors (Lipinski definition) is 2. The highest BCUT2D eigenvalue weighted by Crippen LogP contribution is 2.35. The standard InChI is InChI=1S/C21H26O4S/c1-14-3-7-16(8-4-14)11-24-13-18-20(19(22)21(23)26-18)25-12-17-9-5-15(2)6-10-17/h3-10,18-23H,11-13H2,1-2H3/t18-,19+,20-,21?/m1/s1. The second-order valence-electron chi connectivity index (χ2n) is 6.82. The van der Waals surface area contributed by atoms with Crippen molar-refractivity contribution in [3.05, 3.63) is 70.8 Å². The Kier molecular flexibility index (Phi) is 6.73. The Morgan fingerprint density at radius 2 is 1.38 bits per heavy atom. The average Bonchev–Trinajstić information content (AvgIpc) is 2.90. The van der Waals surface area contributed by atoms with Gasteiger partial charge in [-0.05, 0) is 25.0 Å². The molecule has 140 valence electrons. The summed E-state index contributed by atoms with van der Waals surface area (Å²) in [7, 11) is 0. The molecule has 0 spiro atoms. The molecule has 4 nitrogen and oxygen atoms in total. The summed E-state index contributed by atoms with van der Waals surface area (Å²) in [5.41, 5.74) is 3.73. The van der Waals surface area contributed by atoms with Gasteiger partial charge in [-0.2, -0.15) is 0 Å². The van der Waals surface area contributed by atoms with Crippen LogP contribution >= 0.6 is 11.8 Å². The zero-order valence-corrected chi connectivity index (χ0v) is 16.0. The molecule has 0 saturated carbocycles. The fourth-order valence-corrected chi connectivity index (χ4v) is 4.16. The summed E-state index contributed by atoms with van der Waals surface area (Å²) in [6, 6.07) is 16.3. The van der Waals surface area contributed by atoms with Gasteiger partial charge in [0.05, 0.1) is 25.1 Å². The lowest BCUT2D eigenvalue weighted by atomic mass is 10.1. The van der Waals surface area contributed by atoms with Crippen LogP contribution in [0.5, 0.6) is 0 Å². The van der Waals surface area contributed by atoms with Crippen molar-refractivity contribution in [2.45, 2.75) is 50.0 Å². The van der Waals surface area contributed by atoms with Crippen LogP contribution in [0.3, 0.4) is 0 Å². The van der Waals surface area contributed by atoms with E-state index in [-0.39, 0.29) is 5.25 Å². The van der Waals surface area contributed by atoms with Crippen molar-refractivity contribution >= 4 is 11.8 Å². The highest BCUT2D eigenvalue weighted by Gasteiger charge is 2.43. The Balaban J connectivity index is 1.52. The molecule has 1 unspecified atom stereocenters. The van der Waals surface area contributed by atoms with Crippen molar-refractivity contribution in [1.82, 2.24) is 0 Å². The molecule has 1 saturated heterocycles. The van der Waals surface area contributed by atoms with Gasteiger partial charge in [-0.25, -0.2) is 0 Å². The first kappa shape index (κ1) is 19.4. The van der Waals surface area contributed by atoms with Crippen molar-refractivity contribution in [1.29, 1.82) is 0 Å². The number of ether oxygens (including phenoxy) is 2. The van der Waals surface area contributed by atoms with Crippen molar-refractivity contribution in [2.24, 2.45) is 0 Å². The van der Waals surface area contributed by atoms with E-state index in [1.54, 1.807) is 0 Å². The van der Waals surface area contributed by atoms with Crippen LogP contribution in [0.2, 0.25) is 0 Å². The second-order valence-corrected chi connectivity index (χ2v) is 8.18. The summed E-state index contributed by atoms with van der Waals surface area (Å²) in [6.07, 6.45) is -1.35. The van der Waals surface area contributed by atoms with Crippen LogP contribution in [0.4, 0.5) is 0 Å². The van der Waals surface area contributed by atoms with E-state index in [0.29, 0.717) is 19.8 Å². The zero-order valence-electron chi connectivity index (χ0n) is 15.2. The van der Waals surface area contributed by atoms with Crippen molar-refractivity contribution in [3.63, 3.8) is 0 Å². The number of rotatable bonds is 7. The van der Waals surface area contributed by atoms with Crippen LogP contribution in [-0.2, 0) is 22.7 Å². The number of aliphatic hydroxyl groups excluding tert-OH is 2. The Morgan fingerprint density at radius 1 is 0.846 bits per heavy atom. The quantitative estimate of drug-likeness (QED) is 0.779. The van der Waals surface area contributed by atoms with E-state index < -0.39 is 17.6 Å². The Labute approximate surface area is 159 Å². The lowest BCUT2D eigenvalue weighted by Crippen LogP contribution is -2.36. The first-order valence-electron chi connectivity index (χ1n) is 8.85. The Bertz CT molecular complexity index is 686. The van der Waals surface area contributed by atoms with Crippen LogP contribution in [0, 0.1) is 13.8 Å². The molecule has 0 bridgehead atoms. The lowest BCUT2D eigenvalue weighted by Gasteiger charge is -2.22. The maximum atomic E-state index is 10.2. The van der Waals surface area contributed by atoms with E-state index in [1.807, 2.05) is 43.3 Å². The maximum absolute atomic E-state index is 10.2. The Morgan fingerprint density at radius 3 is 1.96 bits per heavy atom. The van der Waals surface area contributed by atoms with E-state index in [1.165, 1.54) is 22.9 Å². The number of aliphatic hydroxyl groups is 2. The van der Waals surface area contributed by atoms with Gasteiger partial charge in [0.2, 0.25) is 0 Å². The van der Waals surface area contributed by atoms with Gasteiger partial charge in [-0.3, -0.25) is 0 Å². The van der Waals surface area contributed by atoms with Gasteiger partial charge in [0.25, 0.3) is 0 Å². The smallest absolute Gasteiger partial charge is 0.128 e. The minimum absolute atomic E-state index is 0.101. The molecule has 0 aliphatic carbocycles. The first-order valence-corrected chi connectivity index (χ1v) is 9.79. The van der Waals surface area contributed by atoms with Crippen LogP contribution in [-0.4, -0.2) is 39.7 Å². The van der Waals surface area contributed by atoms with E-state index in [0.717, 1.165) is 11.1 Å².